The number of hydrogen-bond acceptors (Lipinski definition) is 3. The normalized spacial score (nSPS) is 12.8. The molecule has 0 radical (unpaired) electrons. The summed E-state index contributed by atoms with van der Waals surface area (Å²) in [5.74, 6) is -0.866. The molecule has 0 unspecified atom stereocenters. The highest BCUT2D eigenvalue weighted by Gasteiger charge is 2.18. The molecule has 0 aliphatic carbocycles. The van der Waals surface area contributed by atoms with E-state index < -0.39 is 5.82 Å². The molecule has 19 heavy (non-hydrogen) atoms. The van der Waals surface area contributed by atoms with E-state index in [-0.39, 0.29) is 28.8 Å². The Balaban J connectivity index is 3.06. The van der Waals surface area contributed by atoms with Gasteiger partial charge in [0.2, 0.25) is 0 Å². The van der Waals surface area contributed by atoms with E-state index in [1.165, 1.54) is 6.07 Å². The van der Waals surface area contributed by atoms with Gasteiger partial charge in [0.25, 0.3) is 0 Å². The van der Waals surface area contributed by atoms with Gasteiger partial charge in [-0.25, -0.2) is 4.39 Å². The van der Waals surface area contributed by atoms with E-state index in [1.807, 2.05) is 19.0 Å². The number of hydrogen-bond donors (Lipinski definition) is 1. The van der Waals surface area contributed by atoms with Crippen molar-refractivity contribution in [3.05, 3.63) is 34.1 Å². The minimum atomic E-state index is -0.624. The van der Waals surface area contributed by atoms with Crippen LogP contribution in [0.4, 0.5) is 4.39 Å². The Morgan fingerprint density at radius 2 is 2.11 bits per heavy atom. The van der Waals surface area contributed by atoms with Gasteiger partial charge in [-0.2, -0.15) is 0 Å². The lowest BCUT2D eigenvalue weighted by Crippen LogP contribution is -2.37. The first-order valence-electron chi connectivity index (χ1n) is 6.28. The molecule has 2 N–H and O–H groups in total. The first kappa shape index (κ1) is 16.1. The second-order valence-electron chi connectivity index (χ2n) is 4.73. The molecule has 1 rings (SSSR count). The van der Waals surface area contributed by atoms with Crippen molar-refractivity contribution in [1.29, 1.82) is 0 Å². The molecular weight excluding hydrogens is 267 g/mol. The number of rotatable bonds is 6. The average Bonchev–Trinajstić information content (AvgIpc) is 2.39. The van der Waals surface area contributed by atoms with Gasteiger partial charge in [-0.05, 0) is 32.1 Å². The third-order valence-corrected chi connectivity index (χ3v) is 3.65. The van der Waals surface area contributed by atoms with Gasteiger partial charge in [0.05, 0.1) is 10.6 Å². The summed E-state index contributed by atoms with van der Waals surface area (Å²) in [5.41, 5.74) is 6.41. The minimum Gasteiger partial charge on any atom is -0.329 e. The average molecular weight is 287 g/mol. The zero-order valence-corrected chi connectivity index (χ0v) is 12.3. The summed E-state index contributed by atoms with van der Waals surface area (Å²) in [6.07, 6.45) is 0.815. The Kier molecular flexibility index (Phi) is 5.91. The molecule has 1 atom stereocenters. The molecule has 0 fully saturated rings. The first-order valence-corrected chi connectivity index (χ1v) is 6.66. The van der Waals surface area contributed by atoms with Crippen LogP contribution < -0.4 is 5.73 Å². The third-order valence-electron chi connectivity index (χ3n) is 3.24. The number of halogens is 2. The molecule has 0 saturated heterocycles. The van der Waals surface area contributed by atoms with E-state index in [9.17, 15) is 9.18 Å². The molecule has 1 aromatic rings. The van der Waals surface area contributed by atoms with Gasteiger partial charge in [0.1, 0.15) is 0 Å². The summed E-state index contributed by atoms with van der Waals surface area (Å²) < 4.78 is 14.1. The lowest BCUT2D eigenvalue weighted by atomic mass is 10.0. The van der Waals surface area contributed by atoms with Crippen LogP contribution in [0.2, 0.25) is 5.02 Å². The number of likely N-dealkylation sites (N-methyl/N-ethyl adjacent to an activating group) is 1. The summed E-state index contributed by atoms with van der Waals surface area (Å²) in [4.78, 5) is 13.5. The quantitative estimate of drug-likeness (QED) is 0.818. The van der Waals surface area contributed by atoms with Crippen LogP contribution in [0.15, 0.2) is 12.1 Å². The lowest BCUT2D eigenvalue weighted by Gasteiger charge is -2.23. The highest BCUT2D eigenvalue weighted by Crippen LogP contribution is 2.25. The molecule has 0 amide bonds. The van der Waals surface area contributed by atoms with Crippen molar-refractivity contribution >= 4 is 17.4 Å². The number of nitrogens with zero attached hydrogens (tertiary/aromatic N) is 1. The van der Waals surface area contributed by atoms with Crippen LogP contribution in [0, 0.1) is 5.82 Å². The molecule has 0 saturated carbocycles. The fraction of sp³-hybridized carbons (Fsp3) is 0.500. The zero-order chi connectivity index (χ0) is 14.6. The van der Waals surface area contributed by atoms with E-state index >= 15 is 0 Å². The largest absolute Gasteiger partial charge is 0.329 e. The van der Waals surface area contributed by atoms with Gasteiger partial charge >= 0.3 is 0 Å². The Bertz CT molecular complexity index is 463. The molecule has 0 spiro atoms. The SMILES string of the molecule is CCC(=O)c1ccc(C[C@@H](CN)N(C)C)c(Cl)c1F. The van der Waals surface area contributed by atoms with Gasteiger partial charge in [-0.1, -0.05) is 24.6 Å². The van der Waals surface area contributed by atoms with E-state index in [0.717, 1.165) is 0 Å². The molecule has 5 heteroatoms. The minimum absolute atomic E-state index is 0.0274. The lowest BCUT2D eigenvalue weighted by molar-refractivity contribution is 0.0984. The van der Waals surface area contributed by atoms with Crippen LogP contribution in [0.1, 0.15) is 29.3 Å². The van der Waals surface area contributed by atoms with E-state index in [1.54, 1.807) is 13.0 Å². The Labute approximate surface area is 118 Å². The second-order valence-corrected chi connectivity index (χ2v) is 5.11. The fourth-order valence-electron chi connectivity index (χ4n) is 1.88. The number of ketones is 1. The van der Waals surface area contributed by atoms with Gasteiger partial charge in [-0.15, -0.1) is 0 Å². The van der Waals surface area contributed by atoms with Gasteiger partial charge in [0, 0.05) is 19.0 Å². The fourth-order valence-corrected chi connectivity index (χ4v) is 2.13. The van der Waals surface area contributed by atoms with Crippen LogP contribution >= 0.6 is 11.6 Å². The summed E-state index contributed by atoms with van der Waals surface area (Å²) in [7, 11) is 3.83. The third kappa shape index (κ3) is 3.75. The van der Waals surface area contributed by atoms with Crippen LogP contribution in [0.25, 0.3) is 0 Å². The van der Waals surface area contributed by atoms with Gasteiger partial charge in [0.15, 0.2) is 11.6 Å². The predicted molar refractivity (Wildman–Crippen MR) is 76.3 cm³/mol. The predicted octanol–water partition coefficient (Wildman–Crippen LogP) is 2.50. The smallest absolute Gasteiger partial charge is 0.165 e. The maximum absolute atomic E-state index is 14.1. The van der Waals surface area contributed by atoms with Crippen molar-refractivity contribution in [1.82, 2.24) is 4.90 Å². The summed E-state index contributed by atoms with van der Waals surface area (Å²) in [6.45, 7) is 2.15. The topological polar surface area (TPSA) is 46.3 Å². The first-order chi connectivity index (χ1) is 8.92. The Hall–Kier alpha value is -0.970. The molecule has 0 aliphatic heterocycles. The molecule has 0 aliphatic rings. The van der Waals surface area contributed by atoms with Crippen LogP contribution in [-0.2, 0) is 6.42 Å². The van der Waals surface area contributed by atoms with Crippen LogP contribution in [0.5, 0.6) is 0 Å². The maximum Gasteiger partial charge on any atom is 0.165 e. The number of benzene rings is 1. The van der Waals surface area contributed by atoms with Crippen molar-refractivity contribution in [2.45, 2.75) is 25.8 Å². The Morgan fingerprint density at radius 1 is 1.47 bits per heavy atom. The van der Waals surface area contributed by atoms with Crippen LogP contribution in [0.3, 0.4) is 0 Å². The maximum atomic E-state index is 14.1. The molecule has 106 valence electrons. The molecule has 0 heterocycles. The van der Waals surface area contributed by atoms with E-state index in [4.69, 9.17) is 17.3 Å². The van der Waals surface area contributed by atoms with E-state index in [0.29, 0.717) is 18.5 Å². The molecule has 0 bridgehead atoms. The molecule has 1 aromatic carbocycles. The molecule has 0 aromatic heterocycles. The standard InChI is InChI=1S/C14H20ClFN2O/c1-4-12(19)11-6-5-9(13(15)14(11)16)7-10(8-17)18(2)3/h5-6,10H,4,7-8,17H2,1-3H3/t10-/m0/s1. The van der Waals surface area contributed by atoms with Crippen LogP contribution in [-0.4, -0.2) is 37.4 Å². The summed E-state index contributed by atoms with van der Waals surface area (Å²) >= 11 is 6.02. The number of nitrogens with two attached hydrogens (primary N) is 1. The zero-order valence-electron chi connectivity index (χ0n) is 11.5. The highest BCUT2D eigenvalue weighted by molar-refractivity contribution is 6.32. The Morgan fingerprint density at radius 3 is 2.58 bits per heavy atom. The highest BCUT2D eigenvalue weighted by atomic mass is 35.5. The monoisotopic (exact) mass is 286 g/mol. The van der Waals surface area contributed by atoms with Crippen molar-refractivity contribution in [3.8, 4) is 0 Å². The summed E-state index contributed by atoms with van der Waals surface area (Å²) in [6, 6.07) is 3.30. The number of carbonyl (C=O) groups is 1. The molecular formula is C14H20ClFN2O. The van der Waals surface area contributed by atoms with Gasteiger partial charge < -0.3 is 10.6 Å². The van der Waals surface area contributed by atoms with Crippen molar-refractivity contribution in [2.75, 3.05) is 20.6 Å². The number of carbonyl (C=O) groups excluding carboxylic acids is 1. The van der Waals surface area contributed by atoms with E-state index in [2.05, 4.69) is 0 Å². The molecule has 3 nitrogen and oxygen atoms in total. The summed E-state index contributed by atoms with van der Waals surface area (Å²) in [5, 5.41) is 0.0274. The van der Waals surface area contributed by atoms with Crippen molar-refractivity contribution in [3.63, 3.8) is 0 Å². The van der Waals surface area contributed by atoms with Crippen molar-refractivity contribution < 1.29 is 9.18 Å². The second kappa shape index (κ2) is 6.98. The number of Topliss-reactive ketones (excluding diaryl/α,β-unsaturated/α-hetero) is 1. The van der Waals surface area contributed by atoms with Gasteiger partial charge in [-0.3, -0.25) is 4.79 Å². The van der Waals surface area contributed by atoms with Crippen molar-refractivity contribution in [2.24, 2.45) is 5.73 Å².